The van der Waals surface area contributed by atoms with Crippen LogP contribution in [0.2, 0.25) is 0 Å². The summed E-state index contributed by atoms with van der Waals surface area (Å²) < 4.78 is 0. The number of hydrogen-bond donors (Lipinski definition) is 3. The van der Waals surface area contributed by atoms with Crippen LogP contribution >= 0.6 is 0 Å². The molecule has 3 N–H and O–H groups in total. The van der Waals surface area contributed by atoms with Gasteiger partial charge in [0.1, 0.15) is 5.75 Å². The fraction of sp³-hybridized carbons (Fsp3) is 0.588. The molecule has 128 valence electrons. The zero-order valence-corrected chi connectivity index (χ0v) is 13.6. The number of likely N-dealkylation sites (tertiary alicyclic amines) is 1. The first-order valence-corrected chi connectivity index (χ1v) is 7.99. The molecule has 0 saturated carbocycles. The number of amides is 1. The van der Waals surface area contributed by atoms with Gasteiger partial charge in [-0.3, -0.25) is 4.79 Å². The summed E-state index contributed by atoms with van der Waals surface area (Å²) in [6, 6.07) is 6.73. The van der Waals surface area contributed by atoms with Crippen LogP contribution in [0.1, 0.15) is 5.56 Å². The molecule has 1 aliphatic heterocycles. The number of benzene rings is 1. The van der Waals surface area contributed by atoms with Gasteiger partial charge in [-0.15, -0.1) is 0 Å². The number of aromatic hydroxyl groups is 1. The quantitative estimate of drug-likeness (QED) is 0.654. The minimum Gasteiger partial charge on any atom is -0.508 e. The van der Waals surface area contributed by atoms with Gasteiger partial charge in [-0.05, 0) is 30.7 Å². The Hall–Kier alpha value is -1.63. The van der Waals surface area contributed by atoms with Gasteiger partial charge in [0.05, 0.1) is 13.0 Å². The van der Waals surface area contributed by atoms with Gasteiger partial charge in [-0.1, -0.05) is 12.1 Å². The van der Waals surface area contributed by atoms with Gasteiger partial charge in [-0.25, -0.2) is 0 Å². The minimum absolute atomic E-state index is 0.0151. The van der Waals surface area contributed by atoms with Gasteiger partial charge in [-0.2, -0.15) is 0 Å². The molecule has 6 nitrogen and oxygen atoms in total. The van der Waals surface area contributed by atoms with Crippen LogP contribution in [0.4, 0.5) is 0 Å². The second kappa shape index (κ2) is 8.29. The molecule has 1 saturated heterocycles. The molecule has 1 aromatic carbocycles. The summed E-state index contributed by atoms with van der Waals surface area (Å²) in [6.07, 6.45) is 0.256. The molecular formula is C17H26N2O4. The van der Waals surface area contributed by atoms with Gasteiger partial charge < -0.3 is 25.1 Å². The summed E-state index contributed by atoms with van der Waals surface area (Å²) in [5, 5.41) is 28.0. The van der Waals surface area contributed by atoms with Gasteiger partial charge in [0.25, 0.3) is 0 Å². The topological polar surface area (TPSA) is 84.2 Å². The van der Waals surface area contributed by atoms with Crippen LogP contribution in [0, 0.1) is 11.8 Å². The Labute approximate surface area is 137 Å². The molecule has 23 heavy (non-hydrogen) atoms. The van der Waals surface area contributed by atoms with Gasteiger partial charge in [0.15, 0.2) is 0 Å². The number of likely N-dealkylation sites (N-methyl/N-ethyl adjacent to an activating group) is 1. The van der Waals surface area contributed by atoms with Crippen LogP contribution in [0.25, 0.3) is 0 Å². The lowest BCUT2D eigenvalue weighted by atomic mass is 9.96. The Kier molecular flexibility index (Phi) is 6.38. The highest BCUT2D eigenvalue weighted by molar-refractivity contribution is 5.79. The molecule has 0 spiro atoms. The van der Waals surface area contributed by atoms with Crippen LogP contribution in [-0.4, -0.2) is 77.5 Å². The fourth-order valence-corrected chi connectivity index (χ4v) is 3.17. The third kappa shape index (κ3) is 4.92. The number of rotatable bonds is 7. The van der Waals surface area contributed by atoms with Crippen molar-refractivity contribution in [2.75, 3.05) is 46.4 Å². The van der Waals surface area contributed by atoms with Crippen LogP contribution < -0.4 is 0 Å². The van der Waals surface area contributed by atoms with Crippen LogP contribution in [0.5, 0.6) is 5.75 Å². The van der Waals surface area contributed by atoms with Crippen molar-refractivity contribution < 1.29 is 20.1 Å². The molecule has 2 unspecified atom stereocenters. The Morgan fingerprint density at radius 2 is 2.04 bits per heavy atom. The standard InChI is InChI=1S/C17H26N2O4/c1-18(5-6-20)9-14-10-19(11-15(14)12-21)17(23)8-13-3-2-4-16(22)7-13/h2-4,7,14-15,20-22H,5-6,8-12H2,1H3. The lowest BCUT2D eigenvalue weighted by Gasteiger charge is -2.23. The van der Waals surface area contributed by atoms with Crippen molar-refractivity contribution in [3.05, 3.63) is 29.8 Å². The molecule has 1 heterocycles. The maximum atomic E-state index is 12.5. The maximum absolute atomic E-state index is 12.5. The molecule has 1 amide bonds. The molecule has 0 aliphatic carbocycles. The minimum atomic E-state index is 0.0151. The molecule has 6 heteroatoms. The Morgan fingerprint density at radius 1 is 1.30 bits per heavy atom. The highest BCUT2D eigenvalue weighted by Gasteiger charge is 2.35. The lowest BCUT2D eigenvalue weighted by molar-refractivity contribution is -0.129. The van der Waals surface area contributed by atoms with Crippen LogP contribution in [0.15, 0.2) is 24.3 Å². The highest BCUT2D eigenvalue weighted by atomic mass is 16.3. The summed E-state index contributed by atoms with van der Waals surface area (Å²) in [5.41, 5.74) is 0.788. The SMILES string of the molecule is CN(CCO)CC1CN(C(=O)Cc2cccc(O)c2)CC1CO. The Bertz CT molecular complexity index is 523. The first-order valence-electron chi connectivity index (χ1n) is 7.99. The predicted octanol–water partition coefficient (Wildman–Crippen LogP) is -0.0743. The molecule has 1 fully saturated rings. The number of carbonyl (C=O) groups excluding carboxylic acids is 1. The second-order valence-electron chi connectivity index (χ2n) is 6.33. The van der Waals surface area contributed by atoms with Gasteiger partial charge in [0, 0.05) is 38.7 Å². The highest BCUT2D eigenvalue weighted by Crippen LogP contribution is 2.25. The summed E-state index contributed by atoms with van der Waals surface area (Å²) in [6.45, 7) is 2.69. The zero-order valence-electron chi connectivity index (χ0n) is 13.6. The van der Waals surface area contributed by atoms with Gasteiger partial charge in [0.2, 0.25) is 5.91 Å². The molecule has 2 atom stereocenters. The third-order valence-corrected chi connectivity index (χ3v) is 4.46. The Morgan fingerprint density at radius 3 is 2.70 bits per heavy atom. The molecule has 1 aromatic rings. The maximum Gasteiger partial charge on any atom is 0.227 e. The lowest BCUT2D eigenvalue weighted by Crippen LogP contribution is -2.34. The van der Waals surface area contributed by atoms with E-state index < -0.39 is 0 Å². The first-order chi connectivity index (χ1) is 11.0. The number of aliphatic hydroxyl groups is 2. The van der Waals surface area contributed by atoms with E-state index >= 15 is 0 Å². The number of phenols is 1. The smallest absolute Gasteiger partial charge is 0.227 e. The van der Waals surface area contributed by atoms with E-state index in [0.717, 1.165) is 12.1 Å². The second-order valence-corrected chi connectivity index (χ2v) is 6.33. The number of nitrogens with zero attached hydrogens (tertiary/aromatic N) is 2. The van der Waals surface area contributed by atoms with Crippen molar-refractivity contribution in [3.63, 3.8) is 0 Å². The normalized spacial score (nSPS) is 21.1. The van der Waals surface area contributed by atoms with Crippen molar-refractivity contribution in [2.24, 2.45) is 11.8 Å². The van der Waals surface area contributed by atoms with E-state index in [2.05, 4.69) is 0 Å². The molecule has 1 aliphatic rings. The van der Waals surface area contributed by atoms with Crippen molar-refractivity contribution in [3.8, 4) is 5.75 Å². The molecule has 0 aromatic heterocycles. The van der Waals surface area contributed by atoms with Crippen molar-refractivity contribution in [2.45, 2.75) is 6.42 Å². The molecule has 0 bridgehead atoms. The van der Waals surface area contributed by atoms with E-state index in [4.69, 9.17) is 5.11 Å². The average molecular weight is 322 g/mol. The number of hydrogen-bond acceptors (Lipinski definition) is 5. The van der Waals surface area contributed by atoms with E-state index in [1.165, 1.54) is 0 Å². The molecular weight excluding hydrogens is 296 g/mol. The van der Waals surface area contributed by atoms with Crippen molar-refractivity contribution in [1.82, 2.24) is 9.80 Å². The van der Waals surface area contributed by atoms with E-state index in [0.29, 0.717) is 19.6 Å². The zero-order chi connectivity index (χ0) is 16.8. The Balaban J connectivity index is 1.94. The largest absolute Gasteiger partial charge is 0.508 e. The molecule has 0 radical (unpaired) electrons. The van der Waals surface area contributed by atoms with Gasteiger partial charge >= 0.3 is 0 Å². The van der Waals surface area contributed by atoms with E-state index in [-0.39, 0.29) is 43.1 Å². The number of phenolic OH excluding ortho intramolecular Hbond substituents is 1. The number of aliphatic hydroxyl groups excluding tert-OH is 2. The molecule has 2 rings (SSSR count). The van der Waals surface area contributed by atoms with Crippen LogP contribution in [0.3, 0.4) is 0 Å². The monoisotopic (exact) mass is 322 g/mol. The van der Waals surface area contributed by atoms with E-state index in [9.17, 15) is 15.0 Å². The van der Waals surface area contributed by atoms with Crippen molar-refractivity contribution >= 4 is 5.91 Å². The average Bonchev–Trinajstić information content (AvgIpc) is 2.90. The summed E-state index contributed by atoms with van der Waals surface area (Å²) >= 11 is 0. The van der Waals surface area contributed by atoms with E-state index in [1.807, 2.05) is 18.0 Å². The summed E-state index contributed by atoms with van der Waals surface area (Å²) in [4.78, 5) is 16.3. The number of carbonyl (C=O) groups is 1. The summed E-state index contributed by atoms with van der Waals surface area (Å²) in [5.74, 6) is 0.462. The van der Waals surface area contributed by atoms with Crippen LogP contribution in [-0.2, 0) is 11.2 Å². The fourth-order valence-electron chi connectivity index (χ4n) is 3.17. The van der Waals surface area contributed by atoms with Crippen molar-refractivity contribution in [1.29, 1.82) is 0 Å². The summed E-state index contributed by atoms with van der Waals surface area (Å²) in [7, 11) is 1.93. The first kappa shape index (κ1) is 17.7. The predicted molar refractivity (Wildman–Crippen MR) is 87.0 cm³/mol. The third-order valence-electron chi connectivity index (χ3n) is 4.46. The van der Waals surface area contributed by atoms with E-state index in [1.54, 1.807) is 23.1 Å².